The fraction of sp³-hybridized carbons (Fsp3) is 0.250. The van der Waals surface area contributed by atoms with Crippen molar-refractivity contribution in [3.8, 4) is 0 Å². The second-order valence-corrected chi connectivity index (χ2v) is 6.61. The van der Waals surface area contributed by atoms with Crippen LogP contribution in [0.3, 0.4) is 0 Å². The van der Waals surface area contributed by atoms with Crippen LogP contribution in [0, 0.1) is 0 Å². The quantitative estimate of drug-likeness (QED) is 0.755. The molecular formula is C12H12ClN5O3S. The molecule has 0 bridgehead atoms. The summed E-state index contributed by atoms with van der Waals surface area (Å²) in [6, 6.07) is 4.36. The minimum Gasteiger partial charge on any atom is -0.355 e. The second-order valence-electron chi connectivity index (χ2n) is 4.49. The van der Waals surface area contributed by atoms with E-state index in [2.05, 4.69) is 20.1 Å². The number of benzene rings is 1. The maximum Gasteiger partial charge on any atom is 0.241 e. The summed E-state index contributed by atoms with van der Waals surface area (Å²) in [5.41, 5.74) is 0.426. The first-order valence-corrected chi connectivity index (χ1v) is 8.28. The first kappa shape index (κ1) is 14.9. The lowest BCUT2D eigenvalue weighted by Gasteiger charge is -2.07. The molecule has 1 N–H and O–H groups in total. The first-order chi connectivity index (χ1) is 10.5. The van der Waals surface area contributed by atoms with Crippen LogP contribution in [0.4, 0.5) is 0 Å². The molecule has 0 saturated heterocycles. The lowest BCUT2D eigenvalue weighted by Crippen LogP contribution is -2.25. The Hall–Kier alpha value is -1.97. The highest BCUT2D eigenvalue weighted by molar-refractivity contribution is 7.89. The van der Waals surface area contributed by atoms with Gasteiger partial charge in [0.25, 0.3) is 0 Å². The number of nitrogens with zero attached hydrogens (tertiary/aromatic N) is 4. The predicted molar refractivity (Wildman–Crippen MR) is 78.7 cm³/mol. The normalized spacial score (nSPS) is 12.1. The summed E-state index contributed by atoms with van der Waals surface area (Å²) in [7, 11) is -3.71. The van der Waals surface area contributed by atoms with E-state index in [1.54, 1.807) is 10.9 Å². The van der Waals surface area contributed by atoms with Crippen molar-refractivity contribution >= 4 is 32.6 Å². The fourth-order valence-corrected chi connectivity index (χ4v) is 3.17. The number of aryl methyl sites for hydroxylation is 1. The van der Waals surface area contributed by atoms with Crippen LogP contribution in [0.5, 0.6) is 0 Å². The maximum atomic E-state index is 12.3. The summed E-state index contributed by atoms with van der Waals surface area (Å²) in [4.78, 5) is 0.0765. The smallest absolute Gasteiger partial charge is 0.241 e. The number of hydrogen-bond acceptors (Lipinski definition) is 6. The number of hydrogen-bond donors (Lipinski definition) is 1. The lowest BCUT2D eigenvalue weighted by atomic mass is 10.3. The highest BCUT2D eigenvalue weighted by Crippen LogP contribution is 2.25. The molecular weight excluding hydrogens is 330 g/mol. The molecule has 1 aromatic carbocycles. The Bertz CT molecular complexity index is 918. The predicted octanol–water partition coefficient (Wildman–Crippen LogP) is 1.57. The van der Waals surface area contributed by atoms with Gasteiger partial charge in [-0.25, -0.2) is 13.1 Å². The Kier molecular flexibility index (Phi) is 3.85. The molecule has 0 amide bonds. The van der Waals surface area contributed by atoms with Crippen molar-refractivity contribution in [2.75, 3.05) is 0 Å². The van der Waals surface area contributed by atoms with E-state index < -0.39 is 10.0 Å². The molecule has 22 heavy (non-hydrogen) atoms. The molecule has 0 saturated carbocycles. The molecule has 0 fully saturated rings. The third kappa shape index (κ3) is 2.70. The van der Waals surface area contributed by atoms with E-state index in [0.717, 1.165) is 0 Å². The number of aromatic nitrogens is 4. The van der Waals surface area contributed by atoms with Crippen molar-refractivity contribution in [2.24, 2.45) is 0 Å². The molecule has 0 aliphatic rings. The minimum atomic E-state index is -3.71. The van der Waals surface area contributed by atoms with E-state index in [-0.39, 0.29) is 16.6 Å². The molecule has 2 aromatic heterocycles. The molecule has 3 rings (SSSR count). The van der Waals surface area contributed by atoms with E-state index in [1.807, 2.05) is 6.92 Å². The minimum absolute atomic E-state index is 0.0472. The summed E-state index contributed by atoms with van der Waals surface area (Å²) in [5, 5.41) is 11.8. The van der Waals surface area contributed by atoms with Gasteiger partial charge < -0.3 is 9.09 Å². The van der Waals surface area contributed by atoms with Gasteiger partial charge in [-0.15, -0.1) is 10.2 Å². The van der Waals surface area contributed by atoms with Crippen LogP contribution in [-0.2, 0) is 23.1 Å². The summed E-state index contributed by atoms with van der Waals surface area (Å²) in [6.07, 6.45) is 1.55. The zero-order chi connectivity index (χ0) is 15.7. The van der Waals surface area contributed by atoms with Crippen molar-refractivity contribution in [3.63, 3.8) is 0 Å². The molecule has 0 aliphatic heterocycles. The Morgan fingerprint density at radius 2 is 2.23 bits per heavy atom. The number of rotatable bonds is 5. The van der Waals surface area contributed by atoms with Gasteiger partial charge in [-0.3, -0.25) is 0 Å². The topological polar surface area (TPSA) is 103 Å². The highest BCUT2D eigenvalue weighted by Gasteiger charge is 2.18. The van der Waals surface area contributed by atoms with E-state index in [0.29, 0.717) is 23.3 Å². The zero-order valence-corrected chi connectivity index (χ0v) is 13.1. The molecule has 116 valence electrons. The summed E-state index contributed by atoms with van der Waals surface area (Å²) >= 11 is 5.85. The third-order valence-electron chi connectivity index (χ3n) is 3.16. The van der Waals surface area contributed by atoms with Crippen molar-refractivity contribution < 1.29 is 12.9 Å². The van der Waals surface area contributed by atoms with Gasteiger partial charge in [-0.05, 0) is 25.1 Å². The van der Waals surface area contributed by atoms with Crippen molar-refractivity contribution in [1.82, 2.24) is 24.6 Å². The summed E-state index contributed by atoms with van der Waals surface area (Å²) in [5.74, 6) is 0.537. The van der Waals surface area contributed by atoms with Gasteiger partial charge in [0.2, 0.25) is 10.0 Å². The van der Waals surface area contributed by atoms with Gasteiger partial charge in [0, 0.05) is 6.54 Å². The Morgan fingerprint density at radius 3 is 3.00 bits per heavy atom. The van der Waals surface area contributed by atoms with Crippen LogP contribution in [0.2, 0.25) is 5.15 Å². The Balaban J connectivity index is 1.86. The molecule has 3 aromatic rings. The van der Waals surface area contributed by atoms with Gasteiger partial charge in [0.05, 0.1) is 16.8 Å². The fourth-order valence-electron chi connectivity index (χ4n) is 1.98. The van der Waals surface area contributed by atoms with E-state index >= 15 is 0 Å². The third-order valence-corrected chi connectivity index (χ3v) is 4.84. The summed E-state index contributed by atoms with van der Waals surface area (Å²) < 4.78 is 33.9. The Morgan fingerprint density at radius 1 is 1.41 bits per heavy atom. The average molecular weight is 342 g/mol. The largest absolute Gasteiger partial charge is 0.355 e. The van der Waals surface area contributed by atoms with Crippen LogP contribution in [0.25, 0.3) is 11.0 Å². The molecule has 2 heterocycles. The van der Waals surface area contributed by atoms with Gasteiger partial charge in [-0.2, -0.15) is 0 Å². The van der Waals surface area contributed by atoms with Gasteiger partial charge in [-0.1, -0.05) is 16.8 Å². The SMILES string of the molecule is CCn1cnnc1CNS(=O)(=O)c1ccc2onc(Cl)c2c1. The van der Waals surface area contributed by atoms with Gasteiger partial charge >= 0.3 is 0 Å². The molecule has 10 heteroatoms. The highest BCUT2D eigenvalue weighted by atomic mass is 35.5. The summed E-state index contributed by atoms with van der Waals surface area (Å²) in [6.45, 7) is 2.63. The zero-order valence-electron chi connectivity index (χ0n) is 11.5. The van der Waals surface area contributed by atoms with Crippen LogP contribution in [0.15, 0.2) is 33.9 Å². The first-order valence-electron chi connectivity index (χ1n) is 6.42. The van der Waals surface area contributed by atoms with E-state index in [1.165, 1.54) is 18.2 Å². The monoisotopic (exact) mass is 341 g/mol. The lowest BCUT2D eigenvalue weighted by molar-refractivity contribution is 0.457. The van der Waals surface area contributed by atoms with Crippen molar-refractivity contribution in [1.29, 1.82) is 0 Å². The number of sulfonamides is 1. The number of halogens is 1. The maximum absolute atomic E-state index is 12.3. The van der Waals surface area contributed by atoms with Crippen LogP contribution in [0.1, 0.15) is 12.7 Å². The van der Waals surface area contributed by atoms with Gasteiger partial charge in [0.15, 0.2) is 10.7 Å². The van der Waals surface area contributed by atoms with Crippen LogP contribution >= 0.6 is 11.6 Å². The number of nitrogens with one attached hydrogen (secondary N) is 1. The molecule has 0 spiro atoms. The average Bonchev–Trinajstić information content (AvgIpc) is 3.11. The molecule has 0 radical (unpaired) electrons. The molecule has 0 unspecified atom stereocenters. The molecule has 0 aliphatic carbocycles. The van der Waals surface area contributed by atoms with Crippen LogP contribution in [-0.4, -0.2) is 28.3 Å². The second kappa shape index (κ2) is 5.67. The Labute approximate surface area is 131 Å². The van der Waals surface area contributed by atoms with E-state index in [4.69, 9.17) is 16.1 Å². The van der Waals surface area contributed by atoms with Crippen LogP contribution < -0.4 is 4.72 Å². The molecule has 0 atom stereocenters. The van der Waals surface area contributed by atoms with E-state index in [9.17, 15) is 8.42 Å². The number of fused-ring (bicyclic) bond motifs is 1. The standard InChI is InChI=1S/C12H12ClN5O3S/c1-2-18-7-14-16-11(18)6-15-22(19,20)8-3-4-10-9(5-8)12(13)17-21-10/h3-5,7,15H,2,6H2,1H3. The van der Waals surface area contributed by atoms with Crippen molar-refractivity contribution in [3.05, 3.63) is 35.5 Å². The van der Waals surface area contributed by atoms with Gasteiger partial charge in [0.1, 0.15) is 12.2 Å². The van der Waals surface area contributed by atoms with Crippen molar-refractivity contribution in [2.45, 2.75) is 24.9 Å². The molecule has 8 nitrogen and oxygen atoms in total.